The Balaban J connectivity index is 1.65. The second-order valence-electron chi connectivity index (χ2n) is 5.24. The monoisotopic (exact) mass is 217 g/mol. The zero-order valence-electron chi connectivity index (χ0n) is 10.3. The Kier molecular flexibility index (Phi) is 4.41. The van der Waals surface area contributed by atoms with Gasteiger partial charge in [0.25, 0.3) is 0 Å². The van der Waals surface area contributed by atoms with E-state index in [1.807, 2.05) is 0 Å². The van der Waals surface area contributed by atoms with Crippen LogP contribution in [0.1, 0.15) is 38.2 Å². The summed E-state index contributed by atoms with van der Waals surface area (Å²) in [5.41, 5.74) is 1.40. The molecule has 1 nitrogen and oxygen atoms in total. The lowest BCUT2D eigenvalue weighted by atomic mass is 9.83. The fourth-order valence-electron chi connectivity index (χ4n) is 2.55. The van der Waals surface area contributed by atoms with Gasteiger partial charge in [0, 0.05) is 6.54 Å². The van der Waals surface area contributed by atoms with E-state index in [1.54, 1.807) is 0 Å². The first-order valence-corrected chi connectivity index (χ1v) is 6.59. The van der Waals surface area contributed by atoms with Gasteiger partial charge < -0.3 is 5.32 Å². The Morgan fingerprint density at radius 1 is 1.06 bits per heavy atom. The molecule has 0 heterocycles. The van der Waals surface area contributed by atoms with Crippen LogP contribution < -0.4 is 5.32 Å². The third kappa shape index (κ3) is 3.64. The molecule has 0 bridgehead atoms. The summed E-state index contributed by atoms with van der Waals surface area (Å²) in [4.78, 5) is 0. The van der Waals surface area contributed by atoms with Crippen molar-refractivity contribution in [1.29, 1.82) is 0 Å². The molecule has 1 aromatic carbocycles. The highest BCUT2D eigenvalue weighted by Gasteiger charge is 2.17. The summed E-state index contributed by atoms with van der Waals surface area (Å²) in [7, 11) is 0. The van der Waals surface area contributed by atoms with Crippen LogP contribution >= 0.6 is 0 Å². The molecule has 0 radical (unpaired) electrons. The van der Waals surface area contributed by atoms with Gasteiger partial charge in [0.2, 0.25) is 0 Å². The molecule has 0 aromatic heterocycles. The third-order valence-electron chi connectivity index (χ3n) is 3.74. The first-order valence-electron chi connectivity index (χ1n) is 6.59. The van der Waals surface area contributed by atoms with Crippen molar-refractivity contribution in [1.82, 2.24) is 5.32 Å². The smallest absolute Gasteiger partial charge is 0.0205 e. The van der Waals surface area contributed by atoms with Crippen LogP contribution in [-0.4, -0.2) is 6.54 Å². The van der Waals surface area contributed by atoms with Crippen molar-refractivity contribution in [3.63, 3.8) is 0 Å². The van der Waals surface area contributed by atoms with E-state index in [4.69, 9.17) is 0 Å². The number of benzene rings is 1. The van der Waals surface area contributed by atoms with Gasteiger partial charge in [-0.3, -0.25) is 0 Å². The number of hydrogen-bond donors (Lipinski definition) is 1. The largest absolute Gasteiger partial charge is 0.312 e. The van der Waals surface area contributed by atoms with E-state index in [0.29, 0.717) is 0 Å². The first kappa shape index (κ1) is 11.7. The Morgan fingerprint density at radius 3 is 2.44 bits per heavy atom. The van der Waals surface area contributed by atoms with E-state index >= 15 is 0 Å². The molecule has 0 spiro atoms. The quantitative estimate of drug-likeness (QED) is 0.812. The number of hydrogen-bond acceptors (Lipinski definition) is 1. The highest BCUT2D eigenvalue weighted by atomic mass is 14.9. The van der Waals surface area contributed by atoms with Gasteiger partial charge >= 0.3 is 0 Å². The van der Waals surface area contributed by atoms with Crippen molar-refractivity contribution in [2.45, 2.75) is 39.2 Å². The van der Waals surface area contributed by atoms with E-state index < -0.39 is 0 Å². The van der Waals surface area contributed by atoms with Gasteiger partial charge in [0.05, 0.1) is 0 Å². The molecule has 0 aliphatic heterocycles. The predicted octanol–water partition coefficient (Wildman–Crippen LogP) is 3.60. The molecule has 1 heteroatoms. The molecule has 1 aliphatic rings. The summed E-state index contributed by atoms with van der Waals surface area (Å²) >= 11 is 0. The standard InChI is InChI=1S/C15H23N/c1-13-7-9-15(10-8-13)12-16-11-14-5-3-2-4-6-14/h2-6,13,15-16H,7-12H2,1H3/t13-,15-. The van der Waals surface area contributed by atoms with Crippen LogP contribution in [0.5, 0.6) is 0 Å². The minimum Gasteiger partial charge on any atom is -0.312 e. The molecule has 0 saturated heterocycles. The molecular weight excluding hydrogens is 194 g/mol. The lowest BCUT2D eigenvalue weighted by molar-refractivity contribution is 0.281. The molecule has 0 atom stereocenters. The molecule has 1 aliphatic carbocycles. The third-order valence-corrected chi connectivity index (χ3v) is 3.74. The number of rotatable bonds is 4. The van der Waals surface area contributed by atoms with Crippen molar-refractivity contribution < 1.29 is 0 Å². The fourth-order valence-corrected chi connectivity index (χ4v) is 2.55. The van der Waals surface area contributed by atoms with Crippen LogP contribution in [0.15, 0.2) is 30.3 Å². The van der Waals surface area contributed by atoms with Gasteiger partial charge in [-0.2, -0.15) is 0 Å². The van der Waals surface area contributed by atoms with Crippen molar-refractivity contribution in [2.24, 2.45) is 11.8 Å². The minimum atomic E-state index is 0.917. The summed E-state index contributed by atoms with van der Waals surface area (Å²) in [6.07, 6.45) is 5.70. The molecule has 0 unspecified atom stereocenters. The first-order chi connectivity index (χ1) is 7.84. The molecule has 88 valence electrons. The lowest BCUT2D eigenvalue weighted by Crippen LogP contribution is -2.25. The van der Waals surface area contributed by atoms with E-state index in [9.17, 15) is 0 Å². The number of nitrogens with one attached hydrogen (secondary N) is 1. The topological polar surface area (TPSA) is 12.0 Å². The zero-order chi connectivity index (χ0) is 11.2. The normalized spacial score (nSPS) is 25.6. The maximum Gasteiger partial charge on any atom is 0.0205 e. The van der Waals surface area contributed by atoms with Crippen LogP contribution in [0.25, 0.3) is 0 Å². The molecule has 1 aromatic rings. The molecule has 0 amide bonds. The maximum atomic E-state index is 3.59. The minimum absolute atomic E-state index is 0.917. The summed E-state index contributed by atoms with van der Waals surface area (Å²) in [6, 6.07) is 10.7. The maximum absolute atomic E-state index is 3.59. The van der Waals surface area contributed by atoms with Gasteiger partial charge in [-0.05, 0) is 36.8 Å². The Labute approximate surface area is 99.3 Å². The van der Waals surface area contributed by atoms with Gasteiger partial charge in [0.1, 0.15) is 0 Å². The Bertz CT molecular complexity index is 286. The van der Waals surface area contributed by atoms with Crippen molar-refractivity contribution in [3.8, 4) is 0 Å². The highest BCUT2D eigenvalue weighted by Crippen LogP contribution is 2.27. The van der Waals surface area contributed by atoms with Gasteiger partial charge in [-0.25, -0.2) is 0 Å². The van der Waals surface area contributed by atoms with Gasteiger partial charge in [0.15, 0.2) is 0 Å². The SMILES string of the molecule is C[C@H]1CC[C@H](CNCc2ccccc2)CC1. The molecule has 1 N–H and O–H groups in total. The second kappa shape index (κ2) is 6.05. The molecule has 2 rings (SSSR count). The van der Waals surface area contributed by atoms with Gasteiger partial charge in [-0.1, -0.05) is 50.1 Å². The summed E-state index contributed by atoms with van der Waals surface area (Å²) < 4.78 is 0. The lowest BCUT2D eigenvalue weighted by Gasteiger charge is -2.26. The van der Waals surface area contributed by atoms with Crippen LogP contribution in [-0.2, 0) is 6.54 Å². The predicted molar refractivity (Wildman–Crippen MR) is 69.3 cm³/mol. The van der Waals surface area contributed by atoms with E-state index in [2.05, 4.69) is 42.6 Å². The summed E-state index contributed by atoms with van der Waals surface area (Å²) in [5, 5.41) is 3.59. The van der Waals surface area contributed by atoms with Crippen molar-refractivity contribution >= 4 is 0 Å². The van der Waals surface area contributed by atoms with Crippen molar-refractivity contribution in [3.05, 3.63) is 35.9 Å². The van der Waals surface area contributed by atoms with E-state index in [1.165, 1.54) is 37.8 Å². The van der Waals surface area contributed by atoms with Crippen LogP contribution in [0.2, 0.25) is 0 Å². The van der Waals surface area contributed by atoms with Crippen LogP contribution in [0.4, 0.5) is 0 Å². The fraction of sp³-hybridized carbons (Fsp3) is 0.600. The van der Waals surface area contributed by atoms with Crippen molar-refractivity contribution in [2.75, 3.05) is 6.54 Å². The second-order valence-corrected chi connectivity index (χ2v) is 5.24. The van der Waals surface area contributed by atoms with E-state index in [-0.39, 0.29) is 0 Å². The Hall–Kier alpha value is -0.820. The summed E-state index contributed by atoms with van der Waals surface area (Å²) in [6.45, 7) is 4.60. The summed E-state index contributed by atoms with van der Waals surface area (Å²) in [5.74, 6) is 1.88. The molecule has 1 fully saturated rings. The average Bonchev–Trinajstić information content (AvgIpc) is 2.33. The van der Waals surface area contributed by atoms with E-state index in [0.717, 1.165) is 18.4 Å². The zero-order valence-corrected chi connectivity index (χ0v) is 10.3. The van der Waals surface area contributed by atoms with Crippen LogP contribution in [0, 0.1) is 11.8 Å². The van der Waals surface area contributed by atoms with Gasteiger partial charge in [-0.15, -0.1) is 0 Å². The highest BCUT2D eigenvalue weighted by molar-refractivity contribution is 5.14. The Morgan fingerprint density at radius 2 is 1.75 bits per heavy atom. The molecule has 1 saturated carbocycles. The van der Waals surface area contributed by atoms with Crippen LogP contribution in [0.3, 0.4) is 0 Å². The molecule has 16 heavy (non-hydrogen) atoms. The average molecular weight is 217 g/mol. The molecular formula is C15H23N.